The lowest BCUT2D eigenvalue weighted by molar-refractivity contribution is 0.132. The van der Waals surface area contributed by atoms with Crippen LogP contribution in [-0.2, 0) is 11.4 Å². The molecular weight excluding hydrogens is 229 g/mol. The number of aryl methyl sites for hydroxylation is 1. The molecule has 0 spiro atoms. The fraction of sp³-hybridized carbons (Fsp3) is 0.133. The summed E-state index contributed by atoms with van der Waals surface area (Å²) in [5.74, 6) is -0.277. The first-order valence-corrected chi connectivity index (χ1v) is 5.63. The molecular formula is C15H13FNO. The van der Waals surface area contributed by atoms with Crippen LogP contribution in [0.1, 0.15) is 16.7 Å². The molecule has 0 saturated carbocycles. The van der Waals surface area contributed by atoms with Crippen LogP contribution in [0.2, 0.25) is 0 Å². The van der Waals surface area contributed by atoms with Crippen molar-refractivity contribution in [2.24, 2.45) is 5.16 Å². The molecule has 0 aromatic heterocycles. The standard InChI is InChI=1S/C15H13FNO/c1-12-3-2-4-14(9-12)11-18-17-10-13-5-7-15(16)8-6-13/h2-9H,11H2,1H3. The van der Waals surface area contributed by atoms with Gasteiger partial charge in [-0.25, -0.2) is 4.39 Å². The zero-order valence-electron chi connectivity index (χ0n) is 10.1. The smallest absolute Gasteiger partial charge is 0.142 e. The molecule has 0 aliphatic rings. The molecule has 2 rings (SSSR count). The highest BCUT2D eigenvalue weighted by Crippen LogP contribution is 2.05. The van der Waals surface area contributed by atoms with Gasteiger partial charge in [0, 0.05) is 5.56 Å². The topological polar surface area (TPSA) is 21.6 Å². The lowest BCUT2D eigenvalue weighted by Crippen LogP contribution is -1.89. The molecule has 0 fully saturated rings. The van der Waals surface area contributed by atoms with Crippen molar-refractivity contribution in [3.8, 4) is 0 Å². The molecule has 0 amide bonds. The van der Waals surface area contributed by atoms with E-state index in [0.717, 1.165) is 5.56 Å². The maximum atomic E-state index is 12.6. The Kier molecular flexibility index (Phi) is 4.07. The first kappa shape index (κ1) is 12.3. The summed E-state index contributed by atoms with van der Waals surface area (Å²) in [5.41, 5.74) is 2.92. The molecule has 3 heteroatoms. The van der Waals surface area contributed by atoms with Gasteiger partial charge in [-0.15, -0.1) is 0 Å². The normalized spacial score (nSPS) is 10.8. The molecule has 1 radical (unpaired) electrons. The summed E-state index contributed by atoms with van der Waals surface area (Å²) in [7, 11) is 0. The van der Waals surface area contributed by atoms with Gasteiger partial charge in [-0.05, 0) is 36.8 Å². The summed E-state index contributed by atoms with van der Waals surface area (Å²) in [5, 5.41) is 3.72. The monoisotopic (exact) mass is 242 g/mol. The van der Waals surface area contributed by atoms with E-state index >= 15 is 0 Å². The average Bonchev–Trinajstić information content (AvgIpc) is 2.37. The van der Waals surface area contributed by atoms with Gasteiger partial charge < -0.3 is 4.84 Å². The van der Waals surface area contributed by atoms with E-state index in [9.17, 15) is 4.39 Å². The minimum Gasteiger partial charge on any atom is -0.390 e. The Labute approximate surface area is 106 Å². The first-order chi connectivity index (χ1) is 8.74. The van der Waals surface area contributed by atoms with E-state index in [1.165, 1.54) is 17.7 Å². The number of rotatable bonds is 4. The van der Waals surface area contributed by atoms with Gasteiger partial charge in [0.15, 0.2) is 0 Å². The van der Waals surface area contributed by atoms with E-state index in [2.05, 4.69) is 11.4 Å². The van der Waals surface area contributed by atoms with Crippen molar-refractivity contribution < 1.29 is 9.23 Å². The van der Waals surface area contributed by atoms with Crippen molar-refractivity contribution in [3.63, 3.8) is 0 Å². The molecule has 0 saturated heterocycles. The predicted molar refractivity (Wildman–Crippen MR) is 68.9 cm³/mol. The van der Waals surface area contributed by atoms with Crippen molar-refractivity contribution in [2.75, 3.05) is 0 Å². The Bertz CT molecular complexity index is 534. The zero-order valence-corrected chi connectivity index (χ0v) is 10.1. The molecule has 0 heterocycles. The van der Waals surface area contributed by atoms with Crippen LogP contribution in [0, 0.1) is 12.7 Å². The summed E-state index contributed by atoms with van der Waals surface area (Å²) in [4.78, 5) is 5.13. The number of benzene rings is 2. The fourth-order valence-corrected chi connectivity index (χ4v) is 1.52. The van der Waals surface area contributed by atoms with Gasteiger partial charge in [-0.3, -0.25) is 0 Å². The van der Waals surface area contributed by atoms with Crippen LogP contribution in [-0.4, -0.2) is 6.21 Å². The Balaban J connectivity index is 1.87. The number of hydrogen-bond acceptors (Lipinski definition) is 2. The van der Waals surface area contributed by atoms with Crippen LogP contribution < -0.4 is 0 Å². The van der Waals surface area contributed by atoms with E-state index in [0.29, 0.717) is 12.2 Å². The molecule has 0 aliphatic heterocycles. The first-order valence-electron chi connectivity index (χ1n) is 5.63. The number of halogens is 1. The minimum atomic E-state index is -0.277. The Morgan fingerprint density at radius 3 is 2.67 bits per heavy atom. The SMILES string of the molecule is Cc1cccc(CO/N=[C]\c2ccc(F)cc2)c1. The molecule has 0 bridgehead atoms. The second-order valence-corrected chi connectivity index (χ2v) is 3.97. The molecule has 0 atom stereocenters. The van der Waals surface area contributed by atoms with E-state index in [-0.39, 0.29) is 5.82 Å². The van der Waals surface area contributed by atoms with Gasteiger partial charge >= 0.3 is 0 Å². The van der Waals surface area contributed by atoms with E-state index in [1.807, 2.05) is 31.2 Å². The Hall–Kier alpha value is -2.16. The van der Waals surface area contributed by atoms with Crippen LogP contribution >= 0.6 is 0 Å². The van der Waals surface area contributed by atoms with Gasteiger partial charge in [-0.2, -0.15) is 0 Å². The lowest BCUT2D eigenvalue weighted by atomic mass is 10.1. The van der Waals surface area contributed by atoms with Crippen LogP contribution in [0.25, 0.3) is 0 Å². The van der Waals surface area contributed by atoms with Gasteiger partial charge in [0.2, 0.25) is 0 Å². The molecule has 18 heavy (non-hydrogen) atoms. The number of hydrogen-bond donors (Lipinski definition) is 0. The quantitative estimate of drug-likeness (QED) is 0.593. The summed E-state index contributed by atoms with van der Waals surface area (Å²) in [6.45, 7) is 2.42. The summed E-state index contributed by atoms with van der Waals surface area (Å²) < 4.78 is 12.6. The fourth-order valence-electron chi connectivity index (χ4n) is 1.52. The maximum Gasteiger partial charge on any atom is 0.142 e. The Morgan fingerprint density at radius 2 is 1.94 bits per heavy atom. The average molecular weight is 242 g/mol. The van der Waals surface area contributed by atoms with Crippen LogP contribution in [0.5, 0.6) is 0 Å². The second-order valence-electron chi connectivity index (χ2n) is 3.97. The highest BCUT2D eigenvalue weighted by molar-refractivity contribution is 5.78. The van der Waals surface area contributed by atoms with Crippen LogP contribution in [0.15, 0.2) is 53.7 Å². The summed E-state index contributed by atoms with van der Waals surface area (Å²) >= 11 is 0. The molecule has 91 valence electrons. The van der Waals surface area contributed by atoms with Gasteiger partial charge in [-0.1, -0.05) is 35.0 Å². The number of nitrogens with zero attached hydrogens (tertiary/aromatic N) is 1. The predicted octanol–water partition coefficient (Wildman–Crippen LogP) is 3.56. The van der Waals surface area contributed by atoms with Crippen molar-refractivity contribution in [1.29, 1.82) is 0 Å². The molecule has 0 aliphatic carbocycles. The van der Waals surface area contributed by atoms with E-state index in [1.54, 1.807) is 12.1 Å². The van der Waals surface area contributed by atoms with Crippen LogP contribution in [0.4, 0.5) is 4.39 Å². The van der Waals surface area contributed by atoms with Crippen molar-refractivity contribution >= 4 is 6.21 Å². The van der Waals surface area contributed by atoms with Crippen LogP contribution in [0.3, 0.4) is 0 Å². The van der Waals surface area contributed by atoms with E-state index in [4.69, 9.17) is 4.84 Å². The molecule has 2 nitrogen and oxygen atoms in total. The summed E-state index contributed by atoms with van der Waals surface area (Å²) in [6.07, 6.45) is 2.69. The highest BCUT2D eigenvalue weighted by Gasteiger charge is 1.93. The Morgan fingerprint density at radius 1 is 1.17 bits per heavy atom. The third-order valence-electron chi connectivity index (χ3n) is 2.40. The highest BCUT2D eigenvalue weighted by atomic mass is 19.1. The van der Waals surface area contributed by atoms with Crippen molar-refractivity contribution in [3.05, 3.63) is 71.0 Å². The minimum absolute atomic E-state index is 0.277. The third kappa shape index (κ3) is 3.70. The lowest BCUT2D eigenvalue weighted by Gasteiger charge is -2.00. The molecule has 2 aromatic rings. The van der Waals surface area contributed by atoms with Crippen molar-refractivity contribution in [2.45, 2.75) is 13.5 Å². The van der Waals surface area contributed by atoms with E-state index < -0.39 is 0 Å². The largest absolute Gasteiger partial charge is 0.390 e. The van der Waals surface area contributed by atoms with Gasteiger partial charge in [0.05, 0.1) is 0 Å². The maximum absolute atomic E-state index is 12.6. The summed E-state index contributed by atoms with van der Waals surface area (Å²) in [6, 6.07) is 13.9. The molecule has 0 unspecified atom stereocenters. The zero-order chi connectivity index (χ0) is 12.8. The second kappa shape index (κ2) is 5.96. The molecule has 0 N–H and O–H groups in total. The third-order valence-corrected chi connectivity index (χ3v) is 2.40. The van der Waals surface area contributed by atoms with Crippen molar-refractivity contribution in [1.82, 2.24) is 0 Å². The molecule has 2 aromatic carbocycles. The van der Waals surface area contributed by atoms with Gasteiger partial charge in [0.25, 0.3) is 0 Å². The van der Waals surface area contributed by atoms with Gasteiger partial charge in [0.1, 0.15) is 18.6 Å².